The van der Waals surface area contributed by atoms with Gasteiger partial charge in [-0.2, -0.15) is 0 Å². The molecule has 0 aromatic heterocycles. The molecule has 1 aliphatic rings. The van der Waals surface area contributed by atoms with Crippen LogP contribution in [-0.2, 0) is 0 Å². The molecule has 0 aromatic carbocycles. The average Bonchev–Trinajstić information content (AvgIpc) is 2.92. The van der Waals surface area contributed by atoms with Crippen molar-refractivity contribution in [1.82, 2.24) is 4.90 Å². The molecule has 0 radical (unpaired) electrons. The summed E-state index contributed by atoms with van der Waals surface area (Å²) < 4.78 is 0. The van der Waals surface area contributed by atoms with E-state index in [-0.39, 0.29) is 0 Å². The Hall–Kier alpha value is -0.120. The molecule has 1 rings (SSSR count). The summed E-state index contributed by atoms with van der Waals surface area (Å²) in [7, 11) is 0. The number of nitrogens with zero attached hydrogens (tertiary/aromatic N) is 1. The first-order chi connectivity index (χ1) is 10.7. The summed E-state index contributed by atoms with van der Waals surface area (Å²) in [5, 5.41) is 9.07. The van der Waals surface area contributed by atoms with Crippen molar-refractivity contribution in [1.29, 1.82) is 0 Å². The molecule has 3 heteroatoms. The minimum Gasteiger partial charge on any atom is -0.395 e. The smallest absolute Gasteiger partial charge is 0.0558 e. The topological polar surface area (TPSA) is 49.5 Å². The molecule has 0 aliphatic carbocycles. The van der Waals surface area contributed by atoms with Crippen LogP contribution in [0.2, 0.25) is 0 Å². The molecule has 2 atom stereocenters. The van der Waals surface area contributed by atoms with Crippen LogP contribution in [0.3, 0.4) is 0 Å². The van der Waals surface area contributed by atoms with Crippen LogP contribution in [0.1, 0.15) is 90.4 Å². The van der Waals surface area contributed by atoms with Crippen LogP contribution >= 0.6 is 0 Å². The summed E-state index contributed by atoms with van der Waals surface area (Å²) in [5.74, 6) is 0. The number of hydrogen-bond donors (Lipinski definition) is 2. The number of rotatable bonds is 14. The normalized spacial score (nSPS) is 20.6. The van der Waals surface area contributed by atoms with E-state index in [2.05, 4.69) is 11.8 Å². The molecule has 1 fully saturated rings. The van der Waals surface area contributed by atoms with Gasteiger partial charge in [0.15, 0.2) is 0 Å². The maximum atomic E-state index is 9.07. The third kappa shape index (κ3) is 9.81. The zero-order chi connectivity index (χ0) is 16.0. The molecule has 1 saturated heterocycles. The van der Waals surface area contributed by atoms with Crippen molar-refractivity contribution in [3.63, 3.8) is 0 Å². The van der Waals surface area contributed by atoms with Gasteiger partial charge in [0.05, 0.1) is 6.61 Å². The first-order valence-electron chi connectivity index (χ1n) is 9.84. The molecule has 0 amide bonds. The molecule has 1 aliphatic heterocycles. The first kappa shape index (κ1) is 19.9. The highest BCUT2D eigenvalue weighted by atomic mass is 16.3. The standard InChI is InChI=1S/C19H40N2O/c1-18(20)12-9-7-5-3-2-4-6-8-10-13-19-14-11-15-21(19)16-17-22/h18-19,22H,2-17,20H2,1H3/t18-,19-/m0/s1. The lowest BCUT2D eigenvalue weighted by atomic mass is 10.0. The van der Waals surface area contributed by atoms with E-state index >= 15 is 0 Å². The van der Waals surface area contributed by atoms with E-state index in [0.717, 1.165) is 12.6 Å². The van der Waals surface area contributed by atoms with Gasteiger partial charge in [-0.3, -0.25) is 4.90 Å². The van der Waals surface area contributed by atoms with Gasteiger partial charge in [0.1, 0.15) is 0 Å². The van der Waals surface area contributed by atoms with Crippen molar-refractivity contribution in [2.45, 2.75) is 102 Å². The summed E-state index contributed by atoms with van der Waals surface area (Å²) in [6.07, 6.45) is 17.7. The maximum absolute atomic E-state index is 9.07. The van der Waals surface area contributed by atoms with Crippen LogP contribution in [0, 0.1) is 0 Å². The van der Waals surface area contributed by atoms with E-state index in [9.17, 15) is 0 Å². The summed E-state index contributed by atoms with van der Waals surface area (Å²) >= 11 is 0. The summed E-state index contributed by atoms with van der Waals surface area (Å²) in [4.78, 5) is 2.49. The lowest BCUT2D eigenvalue weighted by Gasteiger charge is -2.23. The highest BCUT2D eigenvalue weighted by Gasteiger charge is 2.22. The number of hydrogen-bond acceptors (Lipinski definition) is 3. The monoisotopic (exact) mass is 312 g/mol. The van der Waals surface area contributed by atoms with E-state index in [1.54, 1.807) is 0 Å². The number of likely N-dealkylation sites (tertiary alicyclic amines) is 1. The molecule has 0 aromatic rings. The number of aliphatic hydroxyl groups is 1. The van der Waals surface area contributed by atoms with Crippen LogP contribution < -0.4 is 5.73 Å². The molecule has 0 unspecified atom stereocenters. The van der Waals surface area contributed by atoms with Crippen molar-refractivity contribution >= 4 is 0 Å². The Morgan fingerprint density at radius 2 is 1.59 bits per heavy atom. The largest absolute Gasteiger partial charge is 0.395 e. The Kier molecular flexibility index (Phi) is 12.1. The third-order valence-corrected chi connectivity index (χ3v) is 5.08. The SMILES string of the molecule is C[C@H](N)CCCCCCCCCCC[C@H]1CCCN1CCO. The molecule has 3 N–H and O–H groups in total. The fraction of sp³-hybridized carbons (Fsp3) is 1.00. The molecule has 22 heavy (non-hydrogen) atoms. The fourth-order valence-corrected chi connectivity index (χ4v) is 3.73. The van der Waals surface area contributed by atoms with Gasteiger partial charge in [-0.1, -0.05) is 57.8 Å². The Balaban J connectivity index is 1.82. The second kappa shape index (κ2) is 13.3. The van der Waals surface area contributed by atoms with Crippen LogP contribution in [0.15, 0.2) is 0 Å². The van der Waals surface area contributed by atoms with Gasteiger partial charge in [-0.05, 0) is 39.2 Å². The van der Waals surface area contributed by atoms with Crippen molar-refractivity contribution < 1.29 is 5.11 Å². The van der Waals surface area contributed by atoms with Gasteiger partial charge in [0, 0.05) is 18.6 Å². The summed E-state index contributed by atoms with van der Waals surface area (Å²) in [5.41, 5.74) is 5.76. The lowest BCUT2D eigenvalue weighted by molar-refractivity contribution is 0.177. The Bertz CT molecular complexity index is 246. The van der Waals surface area contributed by atoms with Gasteiger partial charge in [-0.25, -0.2) is 0 Å². The maximum Gasteiger partial charge on any atom is 0.0558 e. The molecule has 3 nitrogen and oxygen atoms in total. The Morgan fingerprint density at radius 3 is 2.18 bits per heavy atom. The highest BCUT2D eigenvalue weighted by molar-refractivity contribution is 4.78. The highest BCUT2D eigenvalue weighted by Crippen LogP contribution is 2.22. The van der Waals surface area contributed by atoms with E-state index in [1.165, 1.54) is 90.0 Å². The molecular weight excluding hydrogens is 272 g/mol. The van der Waals surface area contributed by atoms with Gasteiger partial charge in [0.2, 0.25) is 0 Å². The average molecular weight is 313 g/mol. The second-order valence-electron chi connectivity index (χ2n) is 7.29. The Morgan fingerprint density at radius 1 is 1.00 bits per heavy atom. The summed E-state index contributed by atoms with van der Waals surface area (Å²) in [6, 6.07) is 1.14. The van der Waals surface area contributed by atoms with Crippen molar-refractivity contribution in [2.24, 2.45) is 5.73 Å². The number of nitrogens with two attached hydrogens (primary N) is 1. The number of β-amino-alcohol motifs (C(OH)–C–C–N with tert-alkyl or cyclic N) is 1. The van der Waals surface area contributed by atoms with Crippen LogP contribution in [-0.4, -0.2) is 41.8 Å². The van der Waals surface area contributed by atoms with Crippen molar-refractivity contribution in [3.05, 3.63) is 0 Å². The van der Waals surface area contributed by atoms with Gasteiger partial charge in [-0.15, -0.1) is 0 Å². The quantitative estimate of drug-likeness (QED) is 0.475. The second-order valence-corrected chi connectivity index (χ2v) is 7.29. The fourth-order valence-electron chi connectivity index (χ4n) is 3.73. The van der Waals surface area contributed by atoms with Crippen molar-refractivity contribution in [2.75, 3.05) is 19.7 Å². The molecule has 0 bridgehead atoms. The van der Waals surface area contributed by atoms with Gasteiger partial charge in [0.25, 0.3) is 0 Å². The minimum absolute atomic E-state index is 0.320. The van der Waals surface area contributed by atoms with Crippen LogP contribution in [0.4, 0.5) is 0 Å². The third-order valence-electron chi connectivity index (χ3n) is 5.08. The minimum atomic E-state index is 0.320. The van der Waals surface area contributed by atoms with E-state index in [1.807, 2.05) is 0 Å². The van der Waals surface area contributed by atoms with Gasteiger partial charge < -0.3 is 10.8 Å². The predicted molar refractivity (Wildman–Crippen MR) is 96.1 cm³/mol. The molecule has 0 saturated carbocycles. The molecule has 132 valence electrons. The number of aliphatic hydroxyl groups excluding tert-OH is 1. The molecular formula is C19H40N2O. The van der Waals surface area contributed by atoms with E-state index < -0.39 is 0 Å². The van der Waals surface area contributed by atoms with Crippen LogP contribution in [0.25, 0.3) is 0 Å². The first-order valence-corrected chi connectivity index (χ1v) is 9.84. The molecule has 0 spiro atoms. The zero-order valence-corrected chi connectivity index (χ0v) is 14.9. The lowest BCUT2D eigenvalue weighted by Crippen LogP contribution is -2.31. The Labute approximate surface area is 138 Å². The van der Waals surface area contributed by atoms with E-state index in [0.29, 0.717) is 12.6 Å². The van der Waals surface area contributed by atoms with E-state index in [4.69, 9.17) is 10.8 Å². The number of unbranched alkanes of at least 4 members (excludes halogenated alkanes) is 8. The van der Waals surface area contributed by atoms with Gasteiger partial charge >= 0.3 is 0 Å². The predicted octanol–water partition coefficient (Wildman–Crippen LogP) is 4.08. The zero-order valence-electron chi connectivity index (χ0n) is 14.9. The van der Waals surface area contributed by atoms with Crippen LogP contribution in [0.5, 0.6) is 0 Å². The van der Waals surface area contributed by atoms with Crippen molar-refractivity contribution in [3.8, 4) is 0 Å². The molecule has 1 heterocycles. The summed E-state index contributed by atoms with van der Waals surface area (Å²) in [6.45, 7) is 4.51.